The minimum Gasteiger partial charge on any atom is -0.351 e. The summed E-state index contributed by atoms with van der Waals surface area (Å²) < 4.78 is 2.29. The van der Waals surface area contributed by atoms with Gasteiger partial charge in [0.25, 0.3) is 0 Å². The molecule has 1 aliphatic heterocycles. The highest BCUT2D eigenvalue weighted by molar-refractivity contribution is 7.80. The van der Waals surface area contributed by atoms with Crippen LogP contribution in [0.2, 0.25) is 5.02 Å². The Morgan fingerprint density at radius 2 is 1.71 bits per heavy atom. The third-order valence-corrected chi connectivity index (χ3v) is 7.40. The first-order valence-electron chi connectivity index (χ1n) is 11.4. The monoisotopic (exact) mass is 486 g/mol. The molecule has 5 rings (SSSR count). The highest BCUT2D eigenvalue weighted by atomic mass is 35.5. The molecule has 172 valence electrons. The van der Waals surface area contributed by atoms with Gasteiger partial charge in [-0.3, -0.25) is 4.98 Å². The van der Waals surface area contributed by atoms with E-state index in [9.17, 15) is 0 Å². The van der Waals surface area contributed by atoms with Crippen molar-refractivity contribution >= 4 is 34.6 Å². The Morgan fingerprint density at radius 3 is 2.41 bits per heavy atom. The molecule has 4 aromatic rings. The Kier molecular flexibility index (Phi) is 5.92. The van der Waals surface area contributed by atoms with Gasteiger partial charge in [0.05, 0.1) is 17.8 Å². The van der Waals surface area contributed by atoms with Gasteiger partial charge in [-0.25, -0.2) is 0 Å². The van der Waals surface area contributed by atoms with Crippen LogP contribution in [0.3, 0.4) is 0 Å². The van der Waals surface area contributed by atoms with Crippen LogP contribution in [0, 0.1) is 27.7 Å². The van der Waals surface area contributed by atoms with Crippen LogP contribution in [0.1, 0.15) is 45.9 Å². The number of hydrogen-bond acceptors (Lipinski definition) is 2. The van der Waals surface area contributed by atoms with Gasteiger partial charge < -0.3 is 14.8 Å². The minimum atomic E-state index is -0.0792. The molecule has 2 aromatic carbocycles. The number of pyridine rings is 1. The summed E-state index contributed by atoms with van der Waals surface area (Å²) in [6, 6.07) is 22.8. The van der Waals surface area contributed by atoms with Crippen LogP contribution in [0.25, 0.3) is 5.69 Å². The second-order valence-electron chi connectivity index (χ2n) is 8.88. The van der Waals surface area contributed by atoms with Crippen LogP contribution in [0.4, 0.5) is 5.69 Å². The summed E-state index contributed by atoms with van der Waals surface area (Å²) >= 11 is 12.4. The van der Waals surface area contributed by atoms with Crippen LogP contribution < -0.4 is 10.2 Å². The van der Waals surface area contributed by atoms with E-state index in [1.54, 1.807) is 0 Å². The number of nitrogens with zero attached hydrogens (tertiary/aromatic N) is 3. The van der Waals surface area contributed by atoms with Gasteiger partial charge in [-0.15, -0.1) is 0 Å². The summed E-state index contributed by atoms with van der Waals surface area (Å²) in [6.45, 7) is 8.48. The molecule has 1 fully saturated rings. The minimum absolute atomic E-state index is 0.0513. The van der Waals surface area contributed by atoms with E-state index in [2.05, 4.69) is 89.9 Å². The number of thiocarbonyl (C=S) groups is 1. The summed E-state index contributed by atoms with van der Waals surface area (Å²) in [7, 11) is 0. The first-order valence-corrected chi connectivity index (χ1v) is 12.2. The van der Waals surface area contributed by atoms with E-state index < -0.39 is 0 Å². The molecule has 0 bridgehead atoms. The molecule has 2 unspecified atom stereocenters. The van der Waals surface area contributed by atoms with Crippen LogP contribution in [0.15, 0.2) is 72.9 Å². The topological polar surface area (TPSA) is 33.1 Å². The Balaban J connectivity index is 1.70. The lowest BCUT2D eigenvalue weighted by Gasteiger charge is -2.28. The number of nitrogens with one attached hydrogen (secondary N) is 1. The Hall–Kier alpha value is -3.15. The first kappa shape index (κ1) is 22.6. The predicted octanol–water partition coefficient (Wildman–Crippen LogP) is 6.94. The zero-order valence-electron chi connectivity index (χ0n) is 19.7. The maximum absolute atomic E-state index is 6.48. The van der Waals surface area contributed by atoms with Crippen molar-refractivity contribution in [2.24, 2.45) is 0 Å². The molecule has 1 saturated heterocycles. The van der Waals surface area contributed by atoms with Gasteiger partial charge in [0.2, 0.25) is 0 Å². The number of aromatic nitrogens is 2. The SMILES string of the molecule is Cc1ccc(N2C(=S)NC(c3ccccn3)C2c2cc(C)n(-c3cccc(Cl)c3C)c2C)cc1. The normalized spacial score (nSPS) is 17.8. The lowest BCUT2D eigenvalue weighted by atomic mass is 9.96. The van der Waals surface area contributed by atoms with Crippen molar-refractivity contribution in [3.63, 3.8) is 0 Å². The number of rotatable bonds is 4. The maximum Gasteiger partial charge on any atom is 0.174 e. The van der Waals surface area contributed by atoms with E-state index in [-0.39, 0.29) is 12.1 Å². The predicted molar refractivity (Wildman–Crippen MR) is 144 cm³/mol. The standard InChI is InChI=1S/C28H27ClN4S/c1-17-11-13-21(14-12-17)33-27(26(31-28(33)34)24-9-5-6-15-30-24)22-16-18(2)32(20(22)4)25-10-7-8-23(29)19(25)3/h5-16,26-27H,1-4H3,(H,31,34). The van der Waals surface area contributed by atoms with Crippen molar-refractivity contribution in [2.45, 2.75) is 39.8 Å². The third kappa shape index (κ3) is 3.79. The molecule has 0 aliphatic carbocycles. The zero-order valence-corrected chi connectivity index (χ0v) is 21.3. The quantitative estimate of drug-likeness (QED) is 0.317. The van der Waals surface area contributed by atoms with Crippen LogP contribution in [0.5, 0.6) is 0 Å². The van der Waals surface area contributed by atoms with Crippen molar-refractivity contribution in [1.29, 1.82) is 0 Å². The lowest BCUT2D eigenvalue weighted by Crippen LogP contribution is -2.29. The molecule has 0 spiro atoms. The van der Waals surface area contributed by atoms with Gasteiger partial charge in [-0.05, 0) is 93.5 Å². The lowest BCUT2D eigenvalue weighted by molar-refractivity contribution is 0.565. The van der Waals surface area contributed by atoms with Crippen LogP contribution in [-0.2, 0) is 0 Å². The fraction of sp³-hybridized carbons (Fsp3) is 0.214. The molecule has 4 nitrogen and oxygen atoms in total. The summed E-state index contributed by atoms with van der Waals surface area (Å²) in [5, 5.41) is 5.03. The average molecular weight is 487 g/mol. The molecule has 0 amide bonds. The summed E-state index contributed by atoms with van der Waals surface area (Å²) in [5.74, 6) is 0. The number of benzene rings is 2. The van der Waals surface area contributed by atoms with Gasteiger partial charge in [-0.1, -0.05) is 41.4 Å². The Labute approximate surface area is 211 Å². The fourth-order valence-electron chi connectivity index (χ4n) is 4.95. The highest BCUT2D eigenvalue weighted by Crippen LogP contribution is 2.44. The van der Waals surface area contributed by atoms with Crippen LogP contribution >= 0.6 is 23.8 Å². The second kappa shape index (κ2) is 8.90. The van der Waals surface area contributed by atoms with Crippen molar-refractivity contribution in [2.75, 3.05) is 4.90 Å². The molecule has 2 aromatic heterocycles. The second-order valence-corrected chi connectivity index (χ2v) is 9.67. The van der Waals surface area contributed by atoms with Gasteiger partial charge in [0, 0.05) is 34.0 Å². The molecule has 34 heavy (non-hydrogen) atoms. The largest absolute Gasteiger partial charge is 0.351 e. The first-order chi connectivity index (χ1) is 16.4. The van der Waals surface area contributed by atoms with Crippen molar-refractivity contribution in [3.8, 4) is 5.69 Å². The molecule has 0 saturated carbocycles. The molecule has 0 radical (unpaired) electrons. The van der Waals surface area contributed by atoms with Gasteiger partial charge in [-0.2, -0.15) is 0 Å². The van der Waals surface area contributed by atoms with E-state index in [1.165, 1.54) is 11.1 Å². The molecule has 2 atom stereocenters. The third-order valence-electron chi connectivity index (χ3n) is 6.68. The maximum atomic E-state index is 6.48. The number of halogens is 1. The van der Waals surface area contributed by atoms with E-state index in [1.807, 2.05) is 30.5 Å². The van der Waals surface area contributed by atoms with E-state index in [4.69, 9.17) is 23.8 Å². The van der Waals surface area contributed by atoms with E-state index in [0.29, 0.717) is 5.11 Å². The smallest absolute Gasteiger partial charge is 0.174 e. The van der Waals surface area contributed by atoms with Crippen molar-refractivity contribution < 1.29 is 0 Å². The van der Waals surface area contributed by atoms with Gasteiger partial charge in [0.15, 0.2) is 5.11 Å². The van der Waals surface area contributed by atoms with Gasteiger partial charge >= 0.3 is 0 Å². The Morgan fingerprint density at radius 1 is 0.941 bits per heavy atom. The van der Waals surface area contributed by atoms with E-state index in [0.717, 1.165) is 39.0 Å². The summed E-state index contributed by atoms with van der Waals surface area (Å²) in [6.07, 6.45) is 1.84. The van der Waals surface area contributed by atoms with E-state index >= 15 is 0 Å². The van der Waals surface area contributed by atoms with Crippen molar-refractivity contribution in [1.82, 2.24) is 14.9 Å². The van der Waals surface area contributed by atoms with Crippen LogP contribution in [-0.4, -0.2) is 14.7 Å². The fourth-order valence-corrected chi connectivity index (χ4v) is 5.47. The summed E-state index contributed by atoms with van der Waals surface area (Å²) in [4.78, 5) is 6.91. The number of anilines is 1. The summed E-state index contributed by atoms with van der Waals surface area (Å²) in [5.41, 5.74) is 8.93. The molecule has 1 aliphatic rings. The molecular formula is C28H27ClN4S. The van der Waals surface area contributed by atoms with Gasteiger partial charge in [0.1, 0.15) is 0 Å². The molecule has 6 heteroatoms. The number of aryl methyl sites for hydroxylation is 2. The average Bonchev–Trinajstić information content (AvgIpc) is 3.32. The molecular weight excluding hydrogens is 460 g/mol. The Bertz CT molecular complexity index is 1360. The zero-order chi connectivity index (χ0) is 24.0. The van der Waals surface area contributed by atoms with Crippen molar-refractivity contribution in [3.05, 3.63) is 112 Å². The number of hydrogen-bond donors (Lipinski definition) is 1. The highest BCUT2D eigenvalue weighted by Gasteiger charge is 2.42. The molecule has 3 heterocycles. The molecule has 1 N–H and O–H groups in total.